The largest absolute Gasteiger partial charge is 0.464 e. The fourth-order valence-electron chi connectivity index (χ4n) is 1.09. The molecule has 0 amide bonds. The van der Waals surface area contributed by atoms with Crippen LogP contribution in [0.25, 0.3) is 0 Å². The van der Waals surface area contributed by atoms with E-state index >= 15 is 0 Å². The number of rotatable bonds is 4. The molecule has 2 N–H and O–H groups in total. The molecule has 1 aromatic rings. The number of ether oxygens (including phenoxy) is 1. The molecule has 0 aliphatic carbocycles. The average molecular weight is 231 g/mol. The predicted molar refractivity (Wildman–Crippen MR) is 54.5 cm³/mol. The van der Waals surface area contributed by atoms with Gasteiger partial charge in [0.1, 0.15) is 6.10 Å². The van der Waals surface area contributed by atoms with Crippen molar-refractivity contribution < 1.29 is 19.7 Å². The summed E-state index contributed by atoms with van der Waals surface area (Å²) >= 11 is 1.19. The number of hydrogen-bond donors (Lipinski definition) is 2. The van der Waals surface area contributed by atoms with Crippen LogP contribution in [0.4, 0.5) is 0 Å². The van der Waals surface area contributed by atoms with E-state index in [1.54, 1.807) is 19.4 Å². The van der Waals surface area contributed by atoms with Gasteiger partial charge in [0.15, 0.2) is 6.10 Å². The van der Waals surface area contributed by atoms with Crippen LogP contribution >= 0.6 is 11.3 Å². The third-order valence-electron chi connectivity index (χ3n) is 1.88. The summed E-state index contributed by atoms with van der Waals surface area (Å²) in [4.78, 5) is 15.5. The Balaban J connectivity index is 2.72. The van der Waals surface area contributed by atoms with Crippen LogP contribution in [0.5, 0.6) is 0 Å². The molecule has 2 unspecified atom stereocenters. The van der Waals surface area contributed by atoms with E-state index in [2.05, 4.69) is 9.72 Å². The number of carbonyl (C=O) groups excluding carboxylic acids is 1. The standard InChI is InChI=1S/C9H13NO4S/c1-3-14-9(13)7(12)6(11)8-5(2)10-4-15-8/h4,6-7,11-12H,3H2,1-2H3. The van der Waals surface area contributed by atoms with Crippen molar-refractivity contribution in [1.82, 2.24) is 4.98 Å². The third-order valence-corrected chi connectivity index (χ3v) is 2.88. The summed E-state index contributed by atoms with van der Waals surface area (Å²) in [6.07, 6.45) is -2.82. The lowest BCUT2D eigenvalue weighted by Gasteiger charge is -2.15. The molecule has 0 radical (unpaired) electrons. The van der Waals surface area contributed by atoms with Gasteiger partial charge in [-0.25, -0.2) is 9.78 Å². The maximum absolute atomic E-state index is 11.1. The first kappa shape index (κ1) is 12.1. The smallest absolute Gasteiger partial charge is 0.338 e. The number of hydrogen-bond acceptors (Lipinski definition) is 6. The zero-order valence-electron chi connectivity index (χ0n) is 8.51. The molecule has 0 fully saturated rings. The Morgan fingerprint density at radius 3 is 2.80 bits per heavy atom. The van der Waals surface area contributed by atoms with Crippen molar-refractivity contribution in [1.29, 1.82) is 0 Å². The maximum atomic E-state index is 11.1. The molecule has 5 nitrogen and oxygen atoms in total. The molecule has 84 valence electrons. The fraction of sp³-hybridized carbons (Fsp3) is 0.556. The molecular weight excluding hydrogens is 218 g/mol. The van der Waals surface area contributed by atoms with Gasteiger partial charge in [0.2, 0.25) is 0 Å². The molecule has 1 heterocycles. The molecule has 1 aromatic heterocycles. The summed E-state index contributed by atoms with van der Waals surface area (Å²) in [5, 5.41) is 19.1. The molecule has 15 heavy (non-hydrogen) atoms. The quantitative estimate of drug-likeness (QED) is 0.734. The Kier molecular flexibility index (Phi) is 4.19. The highest BCUT2D eigenvalue weighted by Gasteiger charge is 2.29. The summed E-state index contributed by atoms with van der Waals surface area (Å²) in [5.41, 5.74) is 2.15. The van der Waals surface area contributed by atoms with Crippen molar-refractivity contribution in [2.45, 2.75) is 26.1 Å². The highest BCUT2D eigenvalue weighted by Crippen LogP contribution is 2.24. The van der Waals surface area contributed by atoms with E-state index in [4.69, 9.17) is 0 Å². The molecule has 1 rings (SSSR count). The first-order chi connectivity index (χ1) is 7.07. The van der Waals surface area contributed by atoms with Crippen LogP contribution in [0.15, 0.2) is 5.51 Å². The molecule has 0 saturated heterocycles. The van der Waals surface area contributed by atoms with Crippen molar-refractivity contribution in [3.63, 3.8) is 0 Å². The Bertz CT molecular complexity index is 339. The zero-order chi connectivity index (χ0) is 11.4. The maximum Gasteiger partial charge on any atom is 0.338 e. The molecule has 0 spiro atoms. The summed E-state index contributed by atoms with van der Waals surface area (Å²) in [5.74, 6) is -0.821. The summed E-state index contributed by atoms with van der Waals surface area (Å²) in [7, 11) is 0. The van der Waals surface area contributed by atoms with Gasteiger partial charge in [-0.2, -0.15) is 0 Å². The first-order valence-electron chi connectivity index (χ1n) is 4.50. The van der Waals surface area contributed by atoms with Crippen LogP contribution < -0.4 is 0 Å². The van der Waals surface area contributed by atoms with E-state index in [0.29, 0.717) is 10.6 Å². The van der Waals surface area contributed by atoms with Crippen molar-refractivity contribution in [3.05, 3.63) is 16.1 Å². The van der Waals surface area contributed by atoms with Crippen molar-refractivity contribution in [2.75, 3.05) is 6.61 Å². The minimum absolute atomic E-state index is 0.171. The van der Waals surface area contributed by atoms with Gasteiger partial charge in [-0.15, -0.1) is 11.3 Å². The Morgan fingerprint density at radius 1 is 1.67 bits per heavy atom. The van der Waals surface area contributed by atoms with Crippen molar-refractivity contribution in [3.8, 4) is 0 Å². The second-order valence-corrected chi connectivity index (χ2v) is 3.83. The number of aliphatic hydroxyl groups is 2. The van der Waals surface area contributed by atoms with Gasteiger partial charge in [0.05, 0.1) is 22.7 Å². The molecule has 0 aliphatic heterocycles. The summed E-state index contributed by atoms with van der Waals surface area (Å²) < 4.78 is 4.60. The number of aryl methyl sites for hydroxylation is 1. The van der Waals surface area contributed by atoms with Crippen LogP contribution in [0.3, 0.4) is 0 Å². The van der Waals surface area contributed by atoms with E-state index in [1.165, 1.54) is 11.3 Å². The minimum atomic E-state index is -1.55. The normalized spacial score (nSPS) is 14.7. The summed E-state index contributed by atoms with van der Waals surface area (Å²) in [6, 6.07) is 0. The van der Waals surface area contributed by atoms with Crippen LogP contribution in [0, 0.1) is 6.92 Å². The molecule has 6 heteroatoms. The van der Waals surface area contributed by atoms with Gasteiger partial charge in [-0.3, -0.25) is 0 Å². The fourth-order valence-corrected chi connectivity index (χ4v) is 1.91. The van der Waals surface area contributed by atoms with Gasteiger partial charge in [0, 0.05) is 0 Å². The number of aliphatic hydroxyl groups excluding tert-OH is 2. The van der Waals surface area contributed by atoms with Crippen LogP contribution in [-0.2, 0) is 9.53 Å². The molecular formula is C9H13NO4S. The summed E-state index contributed by atoms with van der Waals surface area (Å²) in [6.45, 7) is 3.51. The van der Waals surface area contributed by atoms with Gasteiger partial charge in [-0.05, 0) is 13.8 Å². The Morgan fingerprint density at radius 2 is 2.33 bits per heavy atom. The topological polar surface area (TPSA) is 79.7 Å². The number of nitrogens with zero attached hydrogens (tertiary/aromatic N) is 1. The second-order valence-electron chi connectivity index (χ2n) is 2.94. The van der Waals surface area contributed by atoms with Crippen molar-refractivity contribution in [2.24, 2.45) is 0 Å². The third kappa shape index (κ3) is 2.74. The molecule has 2 atom stereocenters. The van der Waals surface area contributed by atoms with Gasteiger partial charge >= 0.3 is 5.97 Å². The number of aromatic nitrogens is 1. The Hall–Kier alpha value is -0.980. The second kappa shape index (κ2) is 5.20. The van der Waals surface area contributed by atoms with E-state index in [9.17, 15) is 15.0 Å². The van der Waals surface area contributed by atoms with Gasteiger partial charge in [-0.1, -0.05) is 0 Å². The Labute approximate surface area is 91.3 Å². The average Bonchev–Trinajstić information content (AvgIpc) is 2.62. The minimum Gasteiger partial charge on any atom is -0.464 e. The lowest BCUT2D eigenvalue weighted by Crippen LogP contribution is -2.29. The van der Waals surface area contributed by atoms with Crippen LogP contribution in [-0.4, -0.2) is 33.9 Å². The number of carbonyl (C=O) groups is 1. The first-order valence-corrected chi connectivity index (χ1v) is 5.38. The highest BCUT2D eigenvalue weighted by atomic mass is 32.1. The van der Waals surface area contributed by atoms with E-state index < -0.39 is 18.2 Å². The predicted octanol–water partition coefficient (Wildman–Crippen LogP) is 0.409. The lowest BCUT2D eigenvalue weighted by atomic mass is 10.1. The highest BCUT2D eigenvalue weighted by molar-refractivity contribution is 7.09. The molecule has 0 bridgehead atoms. The van der Waals surface area contributed by atoms with Gasteiger partial charge in [0.25, 0.3) is 0 Å². The molecule has 0 saturated carbocycles. The molecule has 0 aromatic carbocycles. The SMILES string of the molecule is CCOC(=O)C(O)C(O)c1scnc1C. The van der Waals surface area contributed by atoms with E-state index in [1.807, 2.05) is 0 Å². The zero-order valence-corrected chi connectivity index (χ0v) is 9.32. The number of thiazole rings is 1. The van der Waals surface area contributed by atoms with E-state index in [0.717, 1.165) is 0 Å². The van der Waals surface area contributed by atoms with Crippen molar-refractivity contribution >= 4 is 17.3 Å². The van der Waals surface area contributed by atoms with E-state index in [-0.39, 0.29) is 6.61 Å². The number of esters is 1. The monoisotopic (exact) mass is 231 g/mol. The van der Waals surface area contributed by atoms with Crippen LogP contribution in [0.1, 0.15) is 23.6 Å². The van der Waals surface area contributed by atoms with Gasteiger partial charge < -0.3 is 14.9 Å². The molecule has 0 aliphatic rings. The van der Waals surface area contributed by atoms with Crippen LogP contribution in [0.2, 0.25) is 0 Å². The lowest BCUT2D eigenvalue weighted by molar-refractivity contribution is -0.159.